The zero-order valence-corrected chi connectivity index (χ0v) is 8.83. The molecule has 2 rings (SSSR count). The lowest BCUT2D eigenvalue weighted by atomic mass is 9.95. The predicted octanol–water partition coefficient (Wildman–Crippen LogP) is 2.65. The fraction of sp³-hybridized carbons (Fsp3) is 0.667. The van der Waals surface area contributed by atoms with E-state index in [1.54, 1.807) is 0 Å². The second-order valence-corrected chi connectivity index (χ2v) is 4.42. The molecule has 14 heavy (non-hydrogen) atoms. The van der Waals surface area contributed by atoms with Crippen LogP contribution in [0.2, 0.25) is 0 Å². The zero-order valence-electron chi connectivity index (χ0n) is 8.83. The molecule has 1 unspecified atom stereocenters. The number of nitrogens with two attached hydrogens (primary N) is 1. The number of hydrogen-bond donors (Lipinski definition) is 1. The summed E-state index contributed by atoms with van der Waals surface area (Å²) in [5.74, 6) is 2.75. The molecule has 1 atom stereocenters. The van der Waals surface area contributed by atoms with Gasteiger partial charge < -0.3 is 10.2 Å². The zero-order chi connectivity index (χ0) is 9.97. The quantitative estimate of drug-likeness (QED) is 0.801. The topological polar surface area (TPSA) is 39.2 Å². The molecule has 1 aliphatic rings. The first-order valence-corrected chi connectivity index (χ1v) is 5.56. The third-order valence-corrected chi connectivity index (χ3v) is 3.24. The molecule has 0 radical (unpaired) electrons. The largest absolute Gasteiger partial charge is 0.466 e. The second-order valence-electron chi connectivity index (χ2n) is 4.42. The summed E-state index contributed by atoms with van der Waals surface area (Å²) in [5.41, 5.74) is 6.16. The van der Waals surface area contributed by atoms with Crippen molar-refractivity contribution in [2.75, 3.05) is 0 Å². The Morgan fingerprint density at radius 1 is 1.43 bits per heavy atom. The number of rotatable bonds is 3. The van der Waals surface area contributed by atoms with Crippen LogP contribution in [0.15, 0.2) is 16.5 Å². The van der Waals surface area contributed by atoms with Crippen molar-refractivity contribution in [2.45, 2.75) is 45.1 Å². The van der Waals surface area contributed by atoms with E-state index < -0.39 is 0 Å². The van der Waals surface area contributed by atoms with Gasteiger partial charge in [0.05, 0.1) is 0 Å². The lowest BCUT2D eigenvalue weighted by Crippen LogP contribution is -2.30. The molecule has 0 aromatic carbocycles. The Morgan fingerprint density at radius 3 is 2.71 bits per heavy atom. The van der Waals surface area contributed by atoms with Gasteiger partial charge in [0.2, 0.25) is 0 Å². The van der Waals surface area contributed by atoms with Crippen molar-refractivity contribution >= 4 is 0 Å². The van der Waals surface area contributed by atoms with E-state index in [2.05, 4.69) is 0 Å². The molecule has 0 amide bonds. The van der Waals surface area contributed by atoms with E-state index in [1.165, 1.54) is 25.7 Å². The Labute approximate surface area is 85.5 Å². The van der Waals surface area contributed by atoms with Crippen molar-refractivity contribution in [2.24, 2.45) is 11.7 Å². The van der Waals surface area contributed by atoms with Crippen LogP contribution in [0, 0.1) is 12.8 Å². The van der Waals surface area contributed by atoms with Crippen LogP contribution in [0.5, 0.6) is 0 Å². The summed E-state index contributed by atoms with van der Waals surface area (Å²) < 4.78 is 5.53. The van der Waals surface area contributed by atoms with Gasteiger partial charge in [0.15, 0.2) is 0 Å². The smallest absolute Gasteiger partial charge is 0.105 e. The molecule has 78 valence electrons. The molecule has 2 N–H and O–H groups in total. The summed E-state index contributed by atoms with van der Waals surface area (Å²) in [5, 5.41) is 0. The van der Waals surface area contributed by atoms with E-state index in [4.69, 9.17) is 10.2 Å². The monoisotopic (exact) mass is 193 g/mol. The molecule has 0 bridgehead atoms. The summed E-state index contributed by atoms with van der Waals surface area (Å²) in [6, 6.07) is 4.35. The van der Waals surface area contributed by atoms with Crippen LogP contribution in [0.1, 0.15) is 37.2 Å². The third-order valence-electron chi connectivity index (χ3n) is 3.24. The Balaban J connectivity index is 1.90. The molecule has 0 spiro atoms. The van der Waals surface area contributed by atoms with Crippen molar-refractivity contribution in [3.05, 3.63) is 23.7 Å². The van der Waals surface area contributed by atoms with Crippen LogP contribution in [0.25, 0.3) is 0 Å². The normalized spacial score (nSPS) is 20.1. The van der Waals surface area contributed by atoms with Gasteiger partial charge in [-0.2, -0.15) is 0 Å². The molecule has 1 saturated carbocycles. The highest BCUT2D eigenvalue weighted by Crippen LogP contribution is 2.28. The number of hydrogen-bond acceptors (Lipinski definition) is 2. The van der Waals surface area contributed by atoms with Crippen LogP contribution < -0.4 is 5.73 Å². The Morgan fingerprint density at radius 2 is 2.14 bits per heavy atom. The van der Waals surface area contributed by atoms with Gasteiger partial charge in [-0.1, -0.05) is 12.8 Å². The van der Waals surface area contributed by atoms with Crippen molar-refractivity contribution in [1.82, 2.24) is 0 Å². The van der Waals surface area contributed by atoms with Gasteiger partial charge in [-0.05, 0) is 37.8 Å². The van der Waals surface area contributed by atoms with Crippen molar-refractivity contribution in [1.29, 1.82) is 0 Å². The lowest BCUT2D eigenvalue weighted by molar-refractivity contribution is 0.389. The standard InChI is InChI=1S/C12H19NO/c1-9-6-7-11(14-9)8-12(13)10-4-2-3-5-10/h6-7,10,12H,2-5,8,13H2,1H3. The lowest BCUT2D eigenvalue weighted by Gasteiger charge is -2.17. The highest BCUT2D eigenvalue weighted by molar-refractivity contribution is 5.07. The first-order chi connectivity index (χ1) is 6.75. The van der Waals surface area contributed by atoms with Gasteiger partial charge in [-0.3, -0.25) is 0 Å². The SMILES string of the molecule is Cc1ccc(CC(N)C2CCCC2)o1. The summed E-state index contributed by atoms with van der Waals surface area (Å²) >= 11 is 0. The van der Waals surface area contributed by atoms with E-state index in [9.17, 15) is 0 Å². The molecule has 0 saturated heterocycles. The van der Waals surface area contributed by atoms with Gasteiger partial charge in [0.1, 0.15) is 11.5 Å². The van der Waals surface area contributed by atoms with Gasteiger partial charge in [0, 0.05) is 12.5 Å². The molecular formula is C12H19NO. The van der Waals surface area contributed by atoms with Crippen molar-refractivity contribution < 1.29 is 4.42 Å². The summed E-state index contributed by atoms with van der Waals surface area (Å²) in [7, 11) is 0. The molecule has 2 nitrogen and oxygen atoms in total. The molecule has 1 fully saturated rings. The minimum absolute atomic E-state index is 0.294. The fourth-order valence-electron chi connectivity index (χ4n) is 2.38. The Kier molecular flexibility index (Phi) is 2.92. The van der Waals surface area contributed by atoms with Gasteiger partial charge in [-0.15, -0.1) is 0 Å². The van der Waals surface area contributed by atoms with Gasteiger partial charge >= 0.3 is 0 Å². The number of aryl methyl sites for hydroxylation is 1. The summed E-state index contributed by atoms with van der Waals surface area (Å²) in [6.45, 7) is 1.98. The van der Waals surface area contributed by atoms with E-state index in [1.807, 2.05) is 19.1 Å². The average molecular weight is 193 g/mol. The molecule has 0 aliphatic heterocycles. The summed E-state index contributed by atoms with van der Waals surface area (Å²) in [6.07, 6.45) is 6.23. The van der Waals surface area contributed by atoms with Crippen molar-refractivity contribution in [3.8, 4) is 0 Å². The van der Waals surface area contributed by atoms with Crippen LogP contribution in [0.3, 0.4) is 0 Å². The first kappa shape index (κ1) is 9.78. The highest BCUT2D eigenvalue weighted by atomic mass is 16.3. The molecule has 1 heterocycles. The number of furan rings is 1. The third kappa shape index (κ3) is 2.18. The molecule has 1 aliphatic carbocycles. The first-order valence-electron chi connectivity index (χ1n) is 5.56. The van der Waals surface area contributed by atoms with Crippen LogP contribution in [-0.2, 0) is 6.42 Å². The molecule has 2 heteroatoms. The maximum Gasteiger partial charge on any atom is 0.105 e. The minimum atomic E-state index is 0.294. The maximum atomic E-state index is 6.16. The summed E-state index contributed by atoms with van der Waals surface area (Å²) in [4.78, 5) is 0. The van der Waals surface area contributed by atoms with E-state index in [-0.39, 0.29) is 0 Å². The maximum absolute atomic E-state index is 6.16. The highest BCUT2D eigenvalue weighted by Gasteiger charge is 2.22. The van der Waals surface area contributed by atoms with Crippen LogP contribution in [-0.4, -0.2) is 6.04 Å². The fourth-order valence-corrected chi connectivity index (χ4v) is 2.38. The molecule has 1 aromatic heterocycles. The second kappa shape index (κ2) is 4.18. The predicted molar refractivity (Wildman–Crippen MR) is 57.1 cm³/mol. The van der Waals surface area contributed by atoms with Crippen molar-refractivity contribution in [3.63, 3.8) is 0 Å². The van der Waals surface area contributed by atoms with E-state index >= 15 is 0 Å². The van der Waals surface area contributed by atoms with Crippen LogP contribution in [0.4, 0.5) is 0 Å². The van der Waals surface area contributed by atoms with E-state index in [0.717, 1.165) is 23.9 Å². The Hall–Kier alpha value is -0.760. The van der Waals surface area contributed by atoms with Gasteiger partial charge in [0.25, 0.3) is 0 Å². The molecular weight excluding hydrogens is 174 g/mol. The van der Waals surface area contributed by atoms with Gasteiger partial charge in [-0.25, -0.2) is 0 Å². The van der Waals surface area contributed by atoms with Crippen LogP contribution >= 0.6 is 0 Å². The Bertz CT molecular complexity index is 286. The minimum Gasteiger partial charge on any atom is -0.466 e. The average Bonchev–Trinajstić information content (AvgIpc) is 2.75. The molecule has 1 aromatic rings. The van der Waals surface area contributed by atoms with E-state index in [0.29, 0.717) is 6.04 Å².